The molecule has 0 aromatic heterocycles. The van der Waals surface area contributed by atoms with Crippen molar-refractivity contribution in [1.29, 1.82) is 0 Å². The number of hydrogen-bond donors (Lipinski definition) is 2. The lowest BCUT2D eigenvalue weighted by atomic mass is 10.1. The zero-order valence-electron chi connectivity index (χ0n) is 9.62. The van der Waals surface area contributed by atoms with Crippen molar-refractivity contribution in [2.24, 2.45) is 0 Å². The summed E-state index contributed by atoms with van der Waals surface area (Å²) in [6.45, 7) is 2.54. The number of thioether (sulfide) groups is 1. The Morgan fingerprint density at radius 1 is 1.50 bits per heavy atom. The predicted molar refractivity (Wildman–Crippen MR) is 67.0 cm³/mol. The average molecular weight is 239 g/mol. The zero-order valence-corrected chi connectivity index (χ0v) is 10.4. The molecule has 1 rings (SSSR count). The molecule has 16 heavy (non-hydrogen) atoms. The summed E-state index contributed by atoms with van der Waals surface area (Å²) in [4.78, 5) is 12.9. The first kappa shape index (κ1) is 13.1. The Morgan fingerprint density at radius 2 is 2.25 bits per heavy atom. The van der Waals surface area contributed by atoms with E-state index in [9.17, 15) is 4.79 Å². The van der Waals surface area contributed by atoms with Crippen LogP contribution in [-0.4, -0.2) is 30.4 Å². The van der Waals surface area contributed by atoms with Crippen LogP contribution in [0.2, 0.25) is 0 Å². The van der Waals surface area contributed by atoms with Gasteiger partial charge in [-0.15, -0.1) is 11.8 Å². The summed E-state index contributed by atoms with van der Waals surface area (Å²) in [5.41, 5.74) is 1.68. The topological polar surface area (TPSA) is 49.3 Å². The van der Waals surface area contributed by atoms with Gasteiger partial charge in [-0.25, -0.2) is 0 Å². The van der Waals surface area contributed by atoms with E-state index < -0.39 is 0 Å². The Balaban J connectivity index is 2.73. The van der Waals surface area contributed by atoms with E-state index in [1.54, 1.807) is 11.8 Å². The van der Waals surface area contributed by atoms with Crippen molar-refractivity contribution < 1.29 is 9.90 Å². The Kier molecular flexibility index (Phi) is 5.35. The summed E-state index contributed by atoms with van der Waals surface area (Å²) < 4.78 is 0. The van der Waals surface area contributed by atoms with Crippen LogP contribution < -0.4 is 5.32 Å². The van der Waals surface area contributed by atoms with Gasteiger partial charge in [-0.3, -0.25) is 4.79 Å². The summed E-state index contributed by atoms with van der Waals surface area (Å²) in [6.07, 6.45) is 2.57. The number of carbonyl (C=O) groups excluding carboxylic acids is 1. The number of nitrogens with one attached hydrogen (secondary N) is 1. The number of aryl methyl sites for hydroxylation is 1. The van der Waals surface area contributed by atoms with Crippen LogP contribution in [0.1, 0.15) is 22.3 Å². The Hall–Kier alpha value is -1.00. The number of benzene rings is 1. The monoisotopic (exact) mass is 239 g/mol. The first-order valence-electron chi connectivity index (χ1n) is 5.22. The van der Waals surface area contributed by atoms with E-state index in [0.717, 1.165) is 10.5 Å². The molecule has 0 aliphatic carbocycles. The smallest absolute Gasteiger partial charge is 0.251 e. The van der Waals surface area contributed by atoms with E-state index in [2.05, 4.69) is 5.32 Å². The van der Waals surface area contributed by atoms with E-state index in [1.165, 1.54) is 0 Å². The van der Waals surface area contributed by atoms with Crippen LogP contribution in [-0.2, 0) is 0 Å². The quantitative estimate of drug-likeness (QED) is 0.609. The minimum absolute atomic E-state index is 0.0677. The van der Waals surface area contributed by atoms with Crippen molar-refractivity contribution in [3.05, 3.63) is 29.3 Å². The standard InChI is InChI=1S/C12H17NO2S/c1-9-4-5-10(16-2)8-11(9)12(15)13-6-3-7-14/h4-5,8,14H,3,6-7H2,1-2H3,(H,13,15). The minimum atomic E-state index is -0.0677. The normalized spacial score (nSPS) is 10.2. The van der Waals surface area contributed by atoms with Crippen LogP contribution in [0.5, 0.6) is 0 Å². The lowest BCUT2D eigenvalue weighted by Gasteiger charge is -2.08. The van der Waals surface area contributed by atoms with E-state index in [1.807, 2.05) is 31.4 Å². The van der Waals surface area contributed by atoms with Crippen molar-refractivity contribution in [3.8, 4) is 0 Å². The molecule has 1 amide bonds. The van der Waals surface area contributed by atoms with Crippen LogP contribution in [0.3, 0.4) is 0 Å². The van der Waals surface area contributed by atoms with Gasteiger partial charge >= 0.3 is 0 Å². The van der Waals surface area contributed by atoms with Gasteiger partial charge in [0.15, 0.2) is 0 Å². The van der Waals surface area contributed by atoms with Crippen molar-refractivity contribution in [1.82, 2.24) is 5.32 Å². The summed E-state index contributed by atoms with van der Waals surface area (Å²) >= 11 is 1.62. The molecule has 0 atom stereocenters. The second-order valence-corrected chi connectivity index (χ2v) is 4.39. The number of carbonyl (C=O) groups is 1. The van der Waals surface area contributed by atoms with E-state index in [4.69, 9.17) is 5.11 Å². The van der Waals surface area contributed by atoms with Gasteiger partial charge in [0.2, 0.25) is 0 Å². The average Bonchev–Trinajstić information content (AvgIpc) is 2.30. The molecule has 0 spiro atoms. The highest BCUT2D eigenvalue weighted by atomic mass is 32.2. The maximum absolute atomic E-state index is 11.8. The molecule has 0 unspecified atom stereocenters. The highest BCUT2D eigenvalue weighted by molar-refractivity contribution is 7.98. The zero-order chi connectivity index (χ0) is 12.0. The summed E-state index contributed by atoms with van der Waals surface area (Å²) in [7, 11) is 0. The van der Waals surface area contributed by atoms with Gasteiger partial charge in [0.25, 0.3) is 5.91 Å². The van der Waals surface area contributed by atoms with Gasteiger partial charge in [-0.1, -0.05) is 6.07 Å². The third kappa shape index (κ3) is 3.54. The van der Waals surface area contributed by atoms with Crippen LogP contribution in [0.4, 0.5) is 0 Å². The third-order valence-electron chi connectivity index (χ3n) is 2.31. The Bertz CT molecular complexity index is 366. The molecule has 1 aromatic rings. The second-order valence-electron chi connectivity index (χ2n) is 3.51. The second kappa shape index (κ2) is 6.55. The van der Waals surface area contributed by atoms with Crippen molar-refractivity contribution in [2.75, 3.05) is 19.4 Å². The fraction of sp³-hybridized carbons (Fsp3) is 0.417. The van der Waals surface area contributed by atoms with E-state index in [-0.39, 0.29) is 12.5 Å². The molecule has 0 saturated heterocycles. The first-order chi connectivity index (χ1) is 7.69. The Labute approximate surface area is 100 Å². The minimum Gasteiger partial charge on any atom is -0.396 e. The molecule has 2 N–H and O–H groups in total. The third-order valence-corrected chi connectivity index (χ3v) is 3.04. The van der Waals surface area contributed by atoms with E-state index >= 15 is 0 Å². The SMILES string of the molecule is CSc1ccc(C)c(C(=O)NCCCO)c1. The molecule has 0 heterocycles. The largest absolute Gasteiger partial charge is 0.396 e. The number of aliphatic hydroxyl groups excluding tert-OH is 1. The summed E-state index contributed by atoms with van der Waals surface area (Å²) in [6, 6.07) is 5.85. The van der Waals surface area contributed by atoms with Crippen LogP contribution in [0.25, 0.3) is 0 Å². The molecule has 4 heteroatoms. The first-order valence-corrected chi connectivity index (χ1v) is 6.45. The van der Waals surface area contributed by atoms with Gasteiger partial charge in [-0.05, 0) is 37.3 Å². The van der Waals surface area contributed by atoms with Crippen molar-refractivity contribution in [3.63, 3.8) is 0 Å². The van der Waals surface area contributed by atoms with Gasteiger partial charge in [0.1, 0.15) is 0 Å². The number of hydrogen-bond acceptors (Lipinski definition) is 3. The summed E-state index contributed by atoms with van der Waals surface area (Å²) in [5.74, 6) is -0.0677. The number of amides is 1. The number of aliphatic hydroxyl groups is 1. The van der Waals surface area contributed by atoms with Crippen molar-refractivity contribution in [2.45, 2.75) is 18.2 Å². The van der Waals surface area contributed by atoms with Gasteiger partial charge in [-0.2, -0.15) is 0 Å². The lowest BCUT2D eigenvalue weighted by Crippen LogP contribution is -2.25. The molecule has 0 saturated carbocycles. The van der Waals surface area contributed by atoms with Crippen molar-refractivity contribution >= 4 is 17.7 Å². The van der Waals surface area contributed by atoms with Crippen LogP contribution in [0, 0.1) is 6.92 Å². The lowest BCUT2D eigenvalue weighted by molar-refractivity contribution is 0.0950. The molecular weight excluding hydrogens is 222 g/mol. The summed E-state index contributed by atoms with van der Waals surface area (Å²) in [5, 5.41) is 11.4. The maximum Gasteiger partial charge on any atom is 0.251 e. The fourth-order valence-electron chi connectivity index (χ4n) is 1.35. The molecule has 3 nitrogen and oxygen atoms in total. The predicted octanol–water partition coefficient (Wildman–Crippen LogP) is 1.83. The molecule has 0 fully saturated rings. The highest BCUT2D eigenvalue weighted by Crippen LogP contribution is 2.18. The van der Waals surface area contributed by atoms with Gasteiger partial charge in [0.05, 0.1) is 0 Å². The highest BCUT2D eigenvalue weighted by Gasteiger charge is 2.08. The number of rotatable bonds is 5. The molecule has 0 radical (unpaired) electrons. The van der Waals surface area contributed by atoms with Crippen LogP contribution >= 0.6 is 11.8 Å². The van der Waals surface area contributed by atoms with E-state index in [0.29, 0.717) is 18.5 Å². The molecule has 0 bridgehead atoms. The molecule has 88 valence electrons. The molecule has 1 aromatic carbocycles. The Morgan fingerprint density at radius 3 is 2.88 bits per heavy atom. The van der Waals surface area contributed by atoms with Gasteiger partial charge in [0, 0.05) is 23.6 Å². The molecule has 0 aliphatic heterocycles. The molecular formula is C12H17NO2S. The molecule has 0 aliphatic rings. The van der Waals surface area contributed by atoms with Gasteiger partial charge < -0.3 is 10.4 Å². The van der Waals surface area contributed by atoms with Crippen LogP contribution in [0.15, 0.2) is 23.1 Å². The maximum atomic E-state index is 11.8. The fourth-order valence-corrected chi connectivity index (χ4v) is 1.79.